The van der Waals surface area contributed by atoms with Crippen molar-refractivity contribution in [1.82, 2.24) is 4.98 Å². The van der Waals surface area contributed by atoms with E-state index in [1.165, 1.54) is 17.5 Å². The third-order valence-electron chi connectivity index (χ3n) is 4.60. The smallest absolute Gasteiger partial charge is 0.235 e. The number of nitrogens with zero attached hydrogens (tertiary/aromatic N) is 3. The number of rotatable bonds is 2. The van der Waals surface area contributed by atoms with Crippen LogP contribution >= 0.6 is 0 Å². The van der Waals surface area contributed by atoms with Crippen LogP contribution in [0.1, 0.15) is 47.9 Å². The van der Waals surface area contributed by atoms with Crippen LogP contribution in [0.15, 0.2) is 28.7 Å². The zero-order valence-electron chi connectivity index (χ0n) is 11.9. The number of nitriles is 1. The summed E-state index contributed by atoms with van der Waals surface area (Å²) in [4.78, 5) is 6.56. The molecule has 1 aliphatic heterocycles. The van der Waals surface area contributed by atoms with Crippen molar-refractivity contribution < 1.29 is 4.42 Å². The Hall–Kier alpha value is -2.28. The van der Waals surface area contributed by atoms with Gasteiger partial charge in [0, 0.05) is 19.0 Å². The van der Waals surface area contributed by atoms with Gasteiger partial charge < -0.3 is 9.32 Å². The predicted molar refractivity (Wildman–Crippen MR) is 79.0 cm³/mol. The van der Waals surface area contributed by atoms with Crippen LogP contribution in [0.3, 0.4) is 0 Å². The second-order valence-electron chi connectivity index (χ2n) is 5.89. The SMILES string of the molecule is N#Cc1nc(C2CCC2)oc1N1CCc2ccccc2C1. The fraction of sp³-hybridized carbons (Fsp3) is 0.412. The Morgan fingerprint density at radius 1 is 1.24 bits per heavy atom. The number of hydrogen-bond donors (Lipinski definition) is 0. The summed E-state index contributed by atoms with van der Waals surface area (Å²) < 4.78 is 5.96. The Labute approximate surface area is 124 Å². The van der Waals surface area contributed by atoms with E-state index in [-0.39, 0.29) is 0 Å². The summed E-state index contributed by atoms with van der Waals surface area (Å²) in [6, 6.07) is 10.7. The Morgan fingerprint density at radius 3 is 2.76 bits per heavy atom. The van der Waals surface area contributed by atoms with Crippen molar-refractivity contribution in [3.05, 3.63) is 47.0 Å². The molecule has 0 amide bonds. The van der Waals surface area contributed by atoms with Gasteiger partial charge >= 0.3 is 0 Å². The van der Waals surface area contributed by atoms with E-state index in [2.05, 4.69) is 40.2 Å². The monoisotopic (exact) mass is 279 g/mol. The van der Waals surface area contributed by atoms with Gasteiger partial charge in [0.05, 0.1) is 0 Å². The molecule has 1 aliphatic carbocycles. The van der Waals surface area contributed by atoms with Gasteiger partial charge in [0.2, 0.25) is 17.5 Å². The molecule has 1 aromatic carbocycles. The van der Waals surface area contributed by atoms with E-state index in [1.807, 2.05) is 0 Å². The number of anilines is 1. The fourth-order valence-electron chi connectivity index (χ4n) is 3.11. The second kappa shape index (κ2) is 4.92. The highest BCUT2D eigenvalue weighted by Gasteiger charge is 2.29. The summed E-state index contributed by atoms with van der Waals surface area (Å²) in [6.07, 6.45) is 4.49. The van der Waals surface area contributed by atoms with Crippen LogP contribution in [0.25, 0.3) is 0 Å². The molecule has 2 heterocycles. The first kappa shape index (κ1) is 12.5. The maximum Gasteiger partial charge on any atom is 0.235 e. The summed E-state index contributed by atoms with van der Waals surface area (Å²) in [5.74, 6) is 1.84. The van der Waals surface area contributed by atoms with Crippen LogP contribution in [0, 0.1) is 11.3 Å². The average molecular weight is 279 g/mol. The molecule has 4 nitrogen and oxygen atoms in total. The number of aromatic nitrogens is 1. The largest absolute Gasteiger partial charge is 0.423 e. The molecule has 0 atom stereocenters. The Balaban J connectivity index is 1.65. The lowest BCUT2D eigenvalue weighted by atomic mass is 9.85. The van der Waals surface area contributed by atoms with Crippen LogP contribution in [0.5, 0.6) is 0 Å². The van der Waals surface area contributed by atoms with Crippen LogP contribution < -0.4 is 4.90 Å². The molecule has 0 bridgehead atoms. The minimum Gasteiger partial charge on any atom is -0.423 e. The first-order valence-electron chi connectivity index (χ1n) is 7.57. The maximum atomic E-state index is 9.33. The van der Waals surface area contributed by atoms with Gasteiger partial charge in [-0.05, 0) is 30.4 Å². The standard InChI is InChI=1S/C17H17N3O/c18-10-15-17(21-16(19-15)13-6-3-7-13)20-9-8-12-4-1-2-5-14(12)11-20/h1-2,4-5,13H,3,6-9,11H2. The molecule has 2 aliphatic rings. The molecule has 0 unspecified atom stereocenters. The van der Waals surface area contributed by atoms with Crippen LogP contribution in [0.4, 0.5) is 5.88 Å². The van der Waals surface area contributed by atoms with Gasteiger partial charge in [-0.15, -0.1) is 0 Å². The molecular weight excluding hydrogens is 262 g/mol. The highest BCUT2D eigenvalue weighted by Crippen LogP contribution is 2.38. The predicted octanol–water partition coefficient (Wildman–Crippen LogP) is 3.38. The number of fused-ring (bicyclic) bond motifs is 1. The Bertz CT molecular complexity index is 709. The number of hydrogen-bond acceptors (Lipinski definition) is 4. The molecule has 4 heteroatoms. The molecule has 0 saturated heterocycles. The molecule has 2 aromatic rings. The van der Waals surface area contributed by atoms with E-state index in [0.29, 0.717) is 17.5 Å². The normalized spacial score (nSPS) is 18.0. The molecule has 4 rings (SSSR count). The zero-order valence-corrected chi connectivity index (χ0v) is 11.9. The Morgan fingerprint density at radius 2 is 2.05 bits per heavy atom. The molecule has 0 radical (unpaired) electrons. The van der Waals surface area contributed by atoms with Gasteiger partial charge in [-0.1, -0.05) is 30.7 Å². The highest BCUT2D eigenvalue weighted by atomic mass is 16.4. The molecular formula is C17H17N3O. The van der Waals surface area contributed by atoms with Gasteiger partial charge in [0.1, 0.15) is 6.07 Å². The van der Waals surface area contributed by atoms with Crippen LogP contribution in [-0.4, -0.2) is 11.5 Å². The van der Waals surface area contributed by atoms with Crippen molar-refractivity contribution in [1.29, 1.82) is 5.26 Å². The van der Waals surface area contributed by atoms with E-state index < -0.39 is 0 Å². The van der Waals surface area contributed by atoms with Crippen molar-refractivity contribution in [3.8, 4) is 6.07 Å². The second-order valence-corrected chi connectivity index (χ2v) is 5.89. The summed E-state index contributed by atoms with van der Waals surface area (Å²) in [6.45, 7) is 1.68. The molecule has 21 heavy (non-hydrogen) atoms. The summed E-state index contributed by atoms with van der Waals surface area (Å²) in [5, 5.41) is 9.33. The molecule has 1 saturated carbocycles. The highest BCUT2D eigenvalue weighted by molar-refractivity contribution is 5.50. The van der Waals surface area contributed by atoms with E-state index in [9.17, 15) is 5.26 Å². The first-order chi connectivity index (χ1) is 10.3. The average Bonchev–Trinajstić information content (AvgIpc) is 2.88. The van der Waals surface area contributed by atoms with E-state index in [4.69, 9.17) is 4.42 Å². The lowest BCUT2D eigenvalue weighted by molar-refractivity contribution is 0.334. The van der Waals surface area contributed by atoms with Gasteiger partial charge in [-0.3, -0.25) is 0 Å². The summed E-state index contributed by atoms with van der Waals surface area (Å²) in [5.41, 5.74) is 3.15. The van der Waals surface area contributed by atoms with Crippen molar-refractivity contribution >= 4 is 5.88 Å². The minimum atomic E-state index is 0.419. The fourth-order valence-corrected chi connectivity index (χ4v) is 3.11. The van der Waals surface area contributed by atoms with Gasteiger partial charge in [0.25, 0.3) is 0 Å². The quantitative estimate of drug-likeness (QED) is 0.845. The lowest BCUT2D eigenvalue weighted by Crippen LogP contribution is -2.30. The lowest BCUT2D eigenvalue weighted by Gasteiger charge is -2.28. The van der Waals surface area contributed by atoms with Crippen LogP contribution in [-0.2, 0) is 13.0 Å². The first-order valence-corrected chi connectivity index (χ1v) is 7.57. The maximum absolute atomic E-state index is 9.33. The van der Waals surface area contributed by atoms with Crippen molar-refractivity contribution in [2.75, 3.05) is 11.4 Å². The van der Waals surface area contributed by atoms with Crippen molar-refractivity contribution in [3.63, 3.8) is 0 Å². The third-order valence-corrected chi connectivity index (χ3v) is 4.60. The summed E-state index contributed by atoms with van der Waals surface area (Å²) in [7, 11) is 0. The topological polar surface area (TPSA) is 53.1 Å². The van der Waals surface area contributed by atoms with Gasteiger partial charge in [-0.25, -0.2) is 4.98 Å². The molecule has 0 N–H and O–H groups in total. The minimum absolute atomic E-state index is 0.419. The van der Waals surface area contributed by atoms with Gasteiger partial charge in [0.15, 0.2) is 0 Å². The van der Waals surface area contributed by atoms with E-state index >= 15 is 0 Å². The van der Waals surface area contributed by atoms with Crippen LogP contribution in [0.2, 0.25) is 0 Å². The Kier molecular flexibility index (Phi) is 2.92. The molecule has 1 fully saturated rings. The third kappa shape index (κ3) is 2.09. The van der Waals surface area contributed by atoms with Crippen molar-refractivity contribution in [2.45, 2.75) is 38.1 Å². The molecule has 106 valence electrons. The zero-order chi connectivity index (χ0) is 14.2. The van der Waals surface area contributed by atoms with E-state index in [0.717, 1.165) is 38.2 Å². The molecule has 1 aromatic heterocycles. The number of oxazole rings is 1. The van der Waals surface area contributed by atoms with Gasteiger partial charge in [-0.2, -0.15) is 5.26 Å². The number of benzene rings is 1. The van der Waals surface area contributed by atoms with E-state index in [1.54, 1.807) is 0 Å². The van der Waals surface area contributed by atoms with Crippen molar-refractivity contribution in [2.24, 2.45) is 0 Å². The molecule has 0 spiro atoms. The summed E-state index contributed by atoms with van der Waals surface area (Å²) >= 11 is 0.